The molecule has 0 saturated carbocycles. The SMILES string of the molecule is C=CCCc1c(F)cc(C2CCC(c3c(F)cc(C(F)=C(F)CC)cc3F)CO2)cc1F. The monoisotopic (exact) mass is 454 g/mol. The lowest BCUT2D eigenvalue weighted by molar-refractivity contribution is 0.000702. The Morgan fingerprint density at radius 2 is 1.62 bits per heavy atom. The summed E-state index contributed by atoms with van der Waals surface area (Å²) in [7, 11) is 0. The van der Waals surface area contributed by atoms with Crippen LogP contribution in [0.15, 0.2) is 42.7 Å². The summed E-state index contributed by atoms with van der Waals surface area (Å²) in [6.07, 6.45) is 1.94. The molecule has 0 spiro atoms. The van der Waals surface area contributed by atoms with Gasteiger partial charge in [0.25, 0.3) is 0 Å². The first kappa shape index (κ1) is 24.1. The van der Waals surface area contributed by atoms with E-state index in [9.17, 15) is 26.3 Å². The van der Waals surface area contributed by atoms with E-state index >= 15 is 0 Å². The lowest BCUT2D eigenvalue weighted by Crippen LogP contribution is -2.21. The Bertz CT molecular complexity index is 975. The zero-order valence-corrected chi connectivity index (χ0v) is 17.7. The largest absolute Gasteiger partial charge is 0.373 e. The summed E-state index contributed by atoms with van der Waals surface area (Å²) in [5.74, 6) is -6.37. The fourth-order valence-corrected chi connectivity index (χ4v) is 3.95. The minimum Gasteiger partial charge on any atom is -0.373 e. The van der Waals surface area contributed by atoms with Crippen molar-refractivity contribution in [3.05, 3.63) is 88.3 Å². The zero-order valence-electron chi connectivity index (χ0n) is 17.7. The van der Waals surface area contributed by atoms with E-state index in [1.54, 1.807) is 6.08 Å². The third-order valence-corrected chi connectivity index (χ3v) is 5.70. The van der Waals surface area contributed by atoms with Crippen LogP contribution in [0.5, 0.6) is 0 Å². The average Bonchev–Trinajstić information content (AvgIpc) is 2.77. The highest BCUT2D eigenvalue weighted by atomic mass is 19.2. The van der Waals surface area contributed by atoms with Gasteiger partial charge in [0, 0.05) is 22.6 Å². The molecule has 1 nitrogen and oxygen atoms in total. The molecule has 1 saturated heterocycles. The molecule has 2 atom stereocenters. The highest BCUT2D eigenvalue weighted by molar-refractivity contribution is 5.61. The van der Waals surface area contributed by atoms with E-state index in [0.717, 1.165) is 12.1 Å². The molecule has 2 aromatic rings. The van der Waals surface area contributed by atoms with E-state index in [0.29, 0.717) is 18.4 Å². The Morgan fingerprint density at radius 1 is 1.00 bits per heavy atom. The molecule has 0 N–H and O–H groups in total. The van der Waals surface area contributed by atoms with Gasteiger partial charge >= 0.3 is 0 Å². The molecule has 3 rings (SSSR count). The van der Waals surface area contributed by atoms with Crippen LogP contribution in [0.4, 0.5) is 26.3 Å². The maximum absolute atomic E-state index is 14.6. The van der Waals surface area contributed by atoms with Crippen LogP contribution >= 0.6 is 0 Å². The van der Waals surface area contributed by atoms with Crippen molar-refractivity contribution in [3.8, 4) is 0 Å². The predicted molar refractivity (Wildman–Crippen MR) is 111 cm³/mol. The molecule has 1 aliphatic rings. The van der Waals surface area contributed by atoms with E-state index in [2.05, 4.69) is 6.58 Å². The molecule has 2 aromatic carbocycles. The summed E-state index contributed by atoms with van der Waals surface area (Å²) in [6, 6.07) is 3.98. The van der Waals surface area contributed by atoms with Crippen molar-refractivity contribution in [3.63, 3.8) is 0 Å². The second-order valence-corrected chi connectivity index (χ2v) is 7.81. The van der Waals surface area contributed by atoms with Crippen molar-refractivity contribution in [2.75, 3.05) is 6.61 Å². The standard InChI is InChI=1S/C25H24F6O/c1-3-5-6-17-19(27)9-15(10-20(17)28)23-8-7-14(13-32-23)24-21(29)11-16(12-22(24)30)25(31)18(26)4-2/h3,9-12,14,23H,1,4-8,13H2,2H3. The van der Waals surface area contributed by atoms with Gasteiger partial charge in [0.1, 0.15) is 29.1 Å². The predicted octanol–water partition coefficient (Wildman–Crippen LogP) is 8.01. The maximum atomic E-state index is 14.6. The number of benzene rings is 2. The number of hydrogen-bond donors (Lipinski definition) is 0. The molecule has 172 valence electrons. The number of rotatable bonds is 7. The van der Waals surface area contributed by atoms with Gasteiger partial charge in [0.2, 0.25) is 0 Å². The van der Waals surface area contributed by atoms with E-state index in [-0.39, 0.29) is 37.0 Å². The second kappa shape index (κ2) is 10.4. The number of halogens is 6. The Labute approximate surface area is 183 Å². The van der Waals surface area contributed by atoms with Crippen LogP contribution in [0.2, 0.25) is 0 Å². The van der Waals surface area contributed by atoms with Crippen molar-refractivity contribution in [1.82, 2.24) is 0 Å². The molecule has 0 aromatic heterocycles. The second-order valence-electron chi connectivity index (χ2n) is 7.81. The number of hydrogen-bond acceptors (Lipinski definition) is 1. The van der Waals surface area contributed by atoms with Crippen LogP contribution in [-0.4, -0.2) is 6.61 Å². The Hall–Kier alpha value is -2.54. The van der Waals surface area contributed by atoms with Gasteiger partial charge in [-0.05, 0) is 61.9 Å². The molecule has 1 fully saturated rings. The Morgan fingerprint density at radius 3 is 2.12 bits per heavy atom. The lowest BCUT2D eigenvalue weighted by Gasteiger charge is -2.30. The topological polar surface area (TPSA) is 9.23 Å². The van der Waals surface area contributed by atoms with Gasteiger partial charge in [-0.3, -0.25) is 0 Å². The highest BCUT2D eigenvalue weighted by Gasteiger charge is 2.30. The minimum atomic E-state index is -1.29. The van der Waals surface area contributed by atoms with Crippen LogP contribution in [0.1, 0.15) is 66.9 Å². The van der Waals surface area contributed by atoms with Gasteiger partial charge in [-0.1, -0.05) is 13.0 Å². The average molecular weight is 454 g/mol. The first-order valence-electron chi connectivity index (χ1n) is 10.5. The van der Waals surface area contributed by atoms with Gasteiger partial charge in [-0.25, -0.2) is 26.3 Å². The molecule has 2 unspecified atom stereocenters. The van der Waals surface area contributed by atoms with Crippen LogP contribution in [0.25, 0.3) is 5.83 Å². The Kier molecular flexibility index (Phi) is 7.82. The molecule has 1 heterocycles. The molecule has 0 aliphatic carbocycles. The summed E-state index contributed by atoms with van der Waals surface area (Å²) in [4.78, 5) is 0. The van der Waals surface area contributed by atoms with Crippen molar-refractivity contribution < 1.29 is 31.1 Å². The highest BCUT2D eigenvalue weighted by Crippen LogP contribution is 2.39. The van der Waals surface area contributed by atoms with Gasteiger partial charge in [-0.2, -0.15) is 0 Å². The van der Waals surface area contributed by atoms with Crippen LogP contribution in [-0.2, 0) is 11.2 Å². The normalized spacial score (nSPS) is 19.6. The fraction of sp³-hybridized carbons (Fsp3) is 0.360. The first-order valence-corrected chi connectivity index (χ1v) is 10.5. The molecular formula is C25H24F6O. The molecule has 0 bridgehead atoms. The third-order valence-electron chi connectivity index (χ3n) is 5.70. The summed E-state index contributed by atoms with van der Waals surface area (Å²) in [5, 5.41) is 0. The van der Waals surface area contributed by atoms with E-state index in [1.165, 1.54) is 19.1 Å². The van der Waals surface area contributed by atoms with E-state index in [1.807, 2.05) is 0 Å². The van der Waals surface area contributed by atoms with E-state index in [4.69, 9.17) is 4.74 Å². The summed E-state index contributed by atoms with van der Waals surface area (Å²) in [5.41, 5.74) is -0.471. The fourth-order valence-electron chi connectivity index (χ4n) is 3.95. The van der Waals surface area contributed by atoms with Crippen LogP contribution in [0.3, 0.4) is 0 Å². The first-order chi connectivity index (χ1) is 15.3. The summed E-state index contributed by atoms with van der Waals surface area (Å²) in [6.45, 7) is 4.84. The van der Waals surface area contributed by atoms with Crippen molar-refractivity contribution in [2.24, 2.45) is 0 Å². The van der Waals surface area contributed by atoms with Crippen molar-refractivity contribution >= 4 is 5.83 Å². The minimum absolute atomic E-state index is 0.0210. The third kappa shape index (κ3) is 5.09. The van der Waals surface area contributed by atoms with E-state index < -0.39 is 52.5 Å². The van der Waals surface area contributed by atoms with Gasteiger partial charge in [0.15, 0.2) is 5.83 Å². The molecule has 7 heteroatoms. The molecule has 0 radical (unpaired) electrons. The van der Waals surface area contributed by atoms with Gasteiger partial charge < -0.3 is 4.74 Å². The summed E-state index contributed by atoms with van der Waals surface area (Å²) >= 11 is 0. The zero-order chi connectivity index (χ0) is 23.4. The van der Waals surface area contributed by atoms with Gasteiger partial charge in [0.05, 0.1) is 12.7 Å². The van der Waals surface area contributed by atoms with Crippen molar-refractivity contribution in [1.29, 1.82) is 0 Å². The van der Waals surface area contributed by atoms with Crippen molar-refractivity contribution in [2.45, 2.75) is 51.0 Å². The van der Waals surface area contributed by atoms with Gasteiger partial charge in [-0.15, -0.1) is 6.58 Å². The van der Waals surface area contributed by atoms with Crippen LogP contribution in [0, 0.1) is 23.3 Å². The molecular weight excluding hydrogens is 430 g/mol. The number of allylic oxidation sites excluding steroid dienone is 2. The quantitative estimate of drug-likeness (QED) is 0.304. The smallest absolute Gasteiger partial charge is 0.161 e. The lowest BCUT2D eigenvalue weighted by atomic mass is 9.88. The summed E-state index contributed by atoms with van der Waals surface area (Å²) < 4.78 is 90.9. The number of ether oxygens (including phenoxy) is 1. The van der Waals surface area contributed by atoms with Crippen LogP contribution < -0.4 is 0 Å². The molecule has 0 amide bonds. The Balaban J connectivity index is 1.76. The maximum Gasteiger partial charge on any atom is 0.161 e. The molecule has 32 heavy (non-hydrogen) atoms. The molecule has 1 aliphatic heterocycles.